The fourth-order valence-corrected chi connectivity index (χ4v) is 1.56. The number of hydrogen-bond acceptors (Lipinski definition) is 1. The van der Waals surface area contributed by atoms with E-state index in [1.807, 2.05) is 11.8 Å². The molecule has 54 valence electrons. The monoisotopic (exact) mass is 152 g/mol. The normalized spacial score (nSPS) is 9.80. The van der Waals surface area contributed by atoms with Crippen LogP contribution in [-0.2, 0) is 5.75 Å². The highest BCUT2D eigenvalue weighted by molar-refractivity contribution is 7.97. The van der Waals surface area contributed by atoms with E-state index in [1.54, 1.807) is 0 Å². The van der Waals surface area contributed by atoms with Gasteiger partial charge >= 0.3 is 0 Å². The van der Waals surface area contributed by atoms with Gasteiger partial charge in [-0.25, -0.2) is 0 Å². The molecule has 0 radical (unpaired) electrons. The fraction of sp³-hybridized carbons (Fsp3) is 0.333. The number of aryl methyl sites for hydroxylation is 1. The molecule has 0 aliphatic heterocycles. The van der Waals surface area contributed by atoms with Crippen molar-refractivity contribution < 1.29 is 0 Å². The standard InChI is InChI=1S/C9H12S/c1-8-5-3-4-6-9(8)7-10-2/h3-6H,7H2,1-2H3. The van der Waals surface area contributed by atoms with E-state index in [0.717, 1.165) is 5.75 Å². The molecule has 0 heterocycles. The van der Waals surface area contributed by atoms with E-state index in [4.69, 9.17) is 0 Å². The van der Waals surface area contributed by atoms with Crippen molar-refractivity contribution in [3.05, 3.63) is 35.4 Å². The molecule has 1 aromatic rings. The van der Waals surface area contributed by atoms with E-state index in [0.29, 0.717) is 0 Å². The van der Waals surface area contributed by atoms with Crippen LogP contribution in [0, 0.1) is 6.92 Å². The van der Waals surface area contributed by atoms with Gasteiger partial charge in [-0.3, -0.25) is 0 Å². The number of hydrogen-bond donors (Lipinski definition) is 0. The second kappa shape index (κ2) is 3.67. The SMILES string of the molecule is CSCc1ccccc1C. The third-order valence-electron chi connectivity index (χ3n) is 1.56. The Morgan fingerprint density at radius 1 is 1.30 bits per heavy atom. The van der Waals surface area contributed by atoms with Gasteiger partial charge in [0.15, 0.2) is 0 Å². The molecular weight excluding hydrogens is 140 g/mol. The molecule has 0 N–H and O–H groups in total. The minimum Gasteiger partial charge on any atom is -0.161 e. The van der Waals surface area contributed by atoms with Crippen molar-refractivity contribution >= 4 is 11.8 Å². The molecule has 0 saturated heterocycles. The largest absolute Gasteiger partial charge is 0.161 e. The van der Waals surface area contributed by atoms with Gasteiger partial charge in [0.25, 0.3) is 0 Å². The molecule has 0 unspecified atom stereocenters. The first-order valence-electron chi connectivity index (χ1n) is 3.38. The Hall–Kier alpha value is -0.430. The van der Waals surface area contributed by atoms with Gasteiger partial charge in [0.05, 0.1) is 0 Å². The van der Waals surface area contributed by atoms with Crippen molar-refractivity contribution in [3.63, 3.8) is 0 Å². The highest BCUT2D eigenvalue weighted by Crippen LogP contribution is 2.12. The molecule has 0 aliphatic rings. The quantitative estimate of drug-likeness (QED) is 0.628. The smallest absolute Gasteiger partial charge is 0.0184 e. The molecule has 0 aromatic heterocycles. The maximum atomic E-state index is 2.19. The van der Waals surface area contributed by atoms with Crippen molar-refractivity contribution in [2.45, 2.75) is 12.7 Å². The van der Waals surface area contributed by atoms with Crippen molar-refractivity contribution in [2.75, 3.05) is 6.26 Å². The van der Waals surface area contributed by atoms with E-state index in [1.165, 1.54) is 11.1 Å². The molecule has 0 saturated carbocycles. The van der Waals surface area contributed by atoms with Crippen molar-refractivity contribution in [1.82, 2.24) is 0 Å². The van der Waals surface area contributed by atoms with Gasteiger partial charge in [-0.1, -0.05) is 24.3 Å². The van der Waals surface area contributed by atoms with Crippen LogP contribution in [0.4, 0.5) is 0 Å². The van der Waals surface area contributed by atoms with Crippen LogP contribution in [0.25, 0.3) is 0 Å². The third kappa shape index (κ3) is 1.77. The highest BCUT2D eigenvalue weighted by Gasteiger charge is 1.92. The van der Waals surface area contributed by atoms with Crippen LogP contribution in [0.3, 0.4) is 0 Å². The summed E-state index contributed by atoms with van der Waals surface area (Å²) >= 11 is 1.87. The van der Waals surface area contributed by atoms with E-state index >= 15 is 0 Å². The Balaban J connectivity index is 2.81. The summed E-state index contributed by atoms with van der Waals surface area (Å²) in [6, 6.07) is 8.52. The van der Waals surface area contributed by atoms with Gasteiger partial charge in [-0.05, 0) is 24.3 Å². The Bertz CT molecular complexity index is 206. The molecule has 1 heteroatoms. The van der Waals surface area contributed by atoms with Gasteiger partial charge in [0.1, 0.15) is 0 Å². The molecule has 0 nitrogen and oxygen atoms in total. The molecule has 10 heavy (non-hydrogen) atoms. The summed E-state index contributed by atoms with van der Waals surface area (Å²) in [5, 5.41) is 0. The van der Waals surface area contributed by atoms with E-state index in [-0.39, 0.29) is 0 Å². The second-order valence-corrected chi connectivity index (χ2v) is 3.23. The van der Waals surface area contributed by atoms with E-state index < -0.39 is 0 Å². The zero-order valence-electron chi connectivity index (χ0n) is 6.42. The molecular formula is C9H12S. The number of thioether (sulfide) groups is 1. The lowest BCUT2D eigenvalue weighted by Crippen LogP contribution is -1.83. The molecule has 0 atom stereocenters. The molecule has 0 fully saturated rings. The molecule has 0 amide bonds. The van der Waals surface area contributed by atoms with Gasteiger partial charge in [-0.2, -0.15) is 11.8 Å². The summed E-state index contributed by atoms with van der Waals surface area (Å²) in [7, 11) is 0. The maximum absolute atomic E-state index is 2.19. The zero-order chi connectivity index (χ0) is 7.40. The van der Waals surface area contributed by atoms with Crippen LogP contribution in [-0.4, -0.2) is 6.26 Å². The zero-order valence-corrected chi connectivity index (χ0v) is 7.24. The minimum absolute atomic E-state index is 1.13. The average Bonchev–Trinajstić information content (AvgIpc) is 1.94. The third-order valence-corrected chi connectivity index (χ3v) is 2.16. The molecule has 0 bridgehead atoms. The Labute approximate surface area is 66.6 Å². The lowest BCUT2D eigenvalue weighted by Gasteiger charge is -2.00. The predicted octanol–water partition coefficient (Wildman–Crippen LogP) is 2.86. The Morgan fingerprint density at radius 2 is 2.00 bits per heavy atom. The van der Waals surface area contributed by atoms with Crippen molar-refractivity contribution in [2.24, 2.45) is 0 Å². The average molecular weight is 152 g/mol. The predicted molar refractivity (Wildman–Crippen MR) is 48.4 cm³/mol. The summed E-state index contributed by atoms with van der Waals surface area (Å²) in [4.78, 5) is 0. The number of benzene rings is 1. The van der Waals surface area contributed by atoms with Crippen molar-refractivity contribution in [1.29, 1.82) is 0 Å². The Kier molecular flexibility index (Phi) is 2.82. The first-order chi connectivity index (χ1) is 4.84. The van der Waals surface area contributed by atoms with Gasteiger partial charge in [-0.15, -0.1) is 0 Å². The topological polar surface area (TPSA) is 0 Å². The first-order valence-corrected chi connectivity index (χ1v) is 4.77. The summed E-state index contributed by atoms with van der Waals surface area (Å²) in [5.74, 6) is 1.13. The molecule has 1 aromatic carbocycles. The molecule has 1 rings (SSSR count). The van der Waals surface area contributed by atoms with Gasteiger partial charge in [0.2, 0.25) is 0 Å². The van der Waals surface area contributed by atoms with Gasteiger partial charge < -0.3 is 0 Å². The lowest BCUT2D eigenvalue weighted by molar-refractivity contribution is 1.31. The Morgan fingerprint density at radius 3 is 2.60 bits per heavy atom. The summed E-state index contributed by atoms with van der Waals surface area (Å²) in [5.41, 5.74) is 2.85. The van der Waals surface area contributed by atoms with E-state index in [2.05, 4.69) is 37.4 Å². The maximum Gasteiger partial charge on any atom is 0.0184 e. The first kappa shape index (κ1) is 7.67. The van der Waals surface area contributed by atoms with E-state index in [9.17, 15) is 0 Å². The summed E-state index contributed by atoms with van der Waals surface area (Å²) in [6.45, 7) is 2.16. The van der Waals surface area contributed by atoms with Crippen LogP contribution in [0.2, 0.25) is 0 Å². The minimum atomic E-state index is 1.13. The molecule has 0 aliphatic carbocycles. The van der Waals surface area contributed by atoms with Crippen LogP contribution in [0.15, 0.2) is 24.3 Å². The highest BCUT2D eigenvalue weighted by atomic mass is 32.2. The summed E-state index contributed by atoms with van der Waals surface area (Å²) in [6.07, 6.45) is 2.13. The second-order valence-electron chi connectivity index (χ2n) is 2.36. The van der Waals surface area contributed by atoms with Crippen LogP contribution in [0.5, 0.6) is 0 Å². The van der Waals surface area contributed by atoms with Crippen molar-refractivity contribution in [3.8, 4) is 0 Å². The lowest BCUT2D eigenvalue weighted by atomic mass is 10.1. The van der Waals surface area contributed by atoms with Gasteiger partial charge in [0, 0.05) is 5.75 Å². The number of rotatable bonds is 2. The fourth-order valence-electron chi connectivity index (χ4n) is 0.928. The molecule has 0 spiro atoms. The summed E-state index contributed by atoms with van der Waals surface area (Å²) < 4.78 is 0. The van der Waals surface area contributed by atoms with Crippen LogP contribution >= 0.6 is 11.8 Å². The van der Waals surface area contributed by atoms with Crippen LogP contribution < -0.4 is 0 Å². The van der Waals surface area contributed by atoms with Crippen LogP contribution in [0.1, 0.15) is 11.1 Å².